The van der Waals surface area contributed by atoms with Crippen LogP contribution in [0.4, 0.5) is 0 Å². The van der Waals surface area contributed by atoms with Crippen LogP contribution in [0.2, 0.25) is 10.0 Å². The molecule has 1 aromatic heterocycles. The van der Waals surface area contributed by atoms with E-state index < -0.39 is 0 Å². The van der Waals surface area contributed by atoms with Gasteiger partial charge in [-0.1, -0.05) is 59.6 Å². The summed E-state index contributed by atoms with van der Waals surface area (Å²) in [5.74, 6) is 1.24. The van der Waals surface area contributed by atoms with Gasteiger partial charge in [-0.15, -0.1) is 0 Å². The normalized spacial score (nSPS) is 10.7. The van der Waals surface area contributed by atoms with Gasteiger partial charge in [0, 0.05) is 17.7 Å². The summed E-state index contributed by atoms with van der Waals surface area (Å²) in [5.41, 5.74) is 4.08. The number of H-pyrrole nitrogens is 1. The van der Waals surface area contributed by atoms with Gasteiger partial charge in [-0.05, 0) is 35.9 Å². The molecule has 2 N–H and O–H groups in total. The molecule has 5 nitrogen and oxygen atoms in total. The maximum Gasteiger partial charge on any atom is 0.253 e. The Bertz CT molecular complexity index is 1240. The van der Waals surface area contributed by atoms with Crippen molar-refractivity contribution in [2.75, 3.05) is 7.11 Å². The molecule has 0 saturated carbocycles. The second-order valence-corrected chi connectivity index (χ2v) is 7.65. The fraction of sp³-hybridized carbons (Fsp3) is 0.0833. The van der Waals surface area contributed by atoms with Crippen LogP contribution in [0.3, 0.4) is 0 Å². The van der Waals surface area contributed by atoms with Gasteiger partial charge in [0.15, 0.2) is 0 Å². The van der Waals surface area contributed by atoms with Gasteiger partial charge in [-0.3, -0.25) is 4.79 Å². The maximum absolute atomic E-state index is 12.5. The predicted molar refractivity (Wildman–Crippen MR) is 124 cm³/mol. The molecule has 0 aliphatic heterocycles. The lowest BCUT2D eigenvalue weighted by Crippen LogP contribution is -2.23. The highest BCUT2D eigenvalue weighted by Crippen LogP contribution is 2.27. The average molecular weight is 452 g/mol. The zero-order valence-electron chi connectivity index (χ0n) is 16.7. The van der Waals surface area contributed by atoms with E-state index in [0.717, 1.165) is 34.0 Å². The quantitative estimate of drug-likeness (QED) is 0.378. The Hall–Kier alpha value is -3.28. The van der Waals surface area contributed by atoms with Crippen molar-refractivity contribution in [2.24, 2.45) is 0 Å². The summed E-state index contributed by atoms with van der Waals surface area (Å²) in [6.45, 7) is 0.346. The number of halogens is 2. The standard InChI is InChI=1S/C24H19Cl2N3O2/c1-31-18-8-3-6-16(12-18)21-14-27-23(29-21)17-7-2-5-15(11-17)13-28-24(30)19-9-4-10-20(25)22(19)26/h2-12,14H,13H2,1H3,(H,27,29)(H,28,30). The molecule has 0 unspecified atom stereocenters. The molecular formula is C24H19Cl2N3O2. The number of nitrogens with one attached hydrogen (secondary N) is 2. The highest BCUT2D eigenvalue weighted by molar-refractivity contribution is 6.43. The van der Waals surface area contributed by atoms with Crippen LogP contribution < -0.4 is 10.1 Å². The first-order valence-corrected chi connectivity index (χ1v) is 10.3. The fourth-order valence-corrected chi connectivity index (χ4v) is 3.58. The summed E-state index contributed by atoms with van der Waals surface area (Å²) in [4.78, 5) is 20.3. The number of hydrogen-bond acceptors (Lipinski definition) is 3. The molecule has 1 amide bonds. The smallest absolute Gasteiger partial charge is 0.253 e. The van der Waals surface area contributed by atoms with E-state index in [1.54, 1.807) is 31.5 Å². The monoisotopic (exact) mass is 451 g/mol. The van der Waals surface area contributed by atoms with Crippen molar-refractivity contribution in [1.29, 1.82) is 0 Å². The van der Waals surface area contributed by atoms with E-state index in [0.29, 0.717) is 17.1 Å². The predicted octanol–water partition coefficient (Wildman–Crippen LogP) is 5.99. The summed E-state index contributed by atoms with van der Waals surface area (Å²) in [7, 11) is 1.64. The molecule has 0 atom stereocenters. The Morgan fingerprint density at radius 1 is 1.03 bits per heavy atom. The molecule has 7 heteroatoms. The number of rotatable bonds is 6. The third-order valence-corrected chi connectivity index (χ3v) is 5.63. The van der Waals surface area contributed by atoms with Gasteiger partial charge in [0.25, 0.3) is 5.91 Å². The molecule has 156 valence electrons. The van der Waals surface area contributed by atoms with Crippen LogP contribution >= 0.6 is 23.2 Å². The van der Waals surface area contributed by atoms with E-state index in [9.17, 15) is 4.79 Å². The van der Waals surface area contributed by atoms with Crippen molar-refractivity contribution in [1.82, 2.24) is 15.3 Å². The molecule has 4 aromatic rings. The Balaban J connectivity index is 1.49. The molecule has 0 fully saturated rings. The molecule has 0 saturated heterocycles. The van der Waals surface area contributed by atoms with Crippen molar-refractivity contribution in [3.63, 3.8) is 0 Å². The minimum Gasteiger partial charge on any atom is -0.497 e. The van der Waals surface area contributed by atoms with Gasteiger partial charge < -0.3 is 15.0 Å². The van der Waals surface area contributed by atoms with E-state index in [2.05, 4.69) is 15.3 Å². The van der Waals surface area contributed by atoms with E-state index in [4.69, 9.17) is 27.9 Å². The third-order valence-electron chi connectivity index (χ3n) is 4.81. The Labute approximate surface area is 190 Å². The highest BCUT2D eigenvalue weighted by Gasteiger charge is 2.13. The number of methoxy groups -OCH3 is 1. The van der Waals surface area contributed by atoms with Gasteiger partial charge in [-0.2, -0.15) is 0 Å². The van der Waals surface area contributed by atoms with Crippen LogP contribution in [0.1, 0.15) is 15.9 Å². The fourth-order valence-electron chi connectivity index (χ4n) is 3.19. The summed E-state index contributed by atoms with van der Waals surface area (Å²) < 4.78 is 5.29. The second kappa shape index (κ2) is 9.25. The van der Waals surface area contributed by atoms with Crippen molar-refractivity contribution in [2.45, 2.75) is 6.54 Å². The molecule has 0 aliphatic carbocycles. The number of carbonyl (C=O) groups is 1. The van der Waals surface area contributed by atoms with Crippen molar-refractivity contribution in [3.05, 3.63) is 94.1 Å². The number of aromatic amines is 1. The Morgan fingerprint density at radius 2 is 1.81 bits per heavy atom. The number of amides is 1. The van der Waals surface area contributed by atoms with Crippen molar-refractivity contribution in [3.8, 4) is 28.4 Å². The number of carbonyl (C=O) groups excluding carboxylic acids is 1. The first-order valence-electron chi connectivity index (χ1n) is 9.56. The zero-order valence-corrected chi connectivity index (χ0v) is 18.2. The van der Waals surface area contributed by atoms with Crippen LogP contribution in [0.5, 0.6) is 5.75 Å². The third kappa shape index (κ3) is 4.74. The SMILES string of the molecule is COc1cccc(-c2cnc(-c3cccc(CNC(=O)c4cccc(Cl)c4Cl)c3)[nH]2)c1. The minimum absolute atomic E-state index is 0.246. The minimum atomic E-state index is -0.281. The van der Waals surface area contributed by atoms with Crippen LogP contribution in [0.15, 0.2) is 72.9 Å². The lowest BCUT2D eigenvalue weighted by molar-refractivity contribution is 0.0951. The zero-order chi connectivity index (χ0) is 21.8. The molecular weight excluding hydrogens is 433 g/mol. The lowest BCUT2D eigenvalue weighted by atomic mass is 10.1. The van der Waals surface area contributed by atoms with Crippen molar-refractivity contribution < 1.29 is 9.53 Å². The molecule has 1 heterocycles. The van der Waals surface area contributed by atoms with Gasteiger partial charge in [0.05, 0.1) is 34.6 Å². The van der Waals surface area contributed by atoms with Crippen LogP contribution in [-0.2, 0) is 6.54 Å². The van der Waals surface area contributed by atoms with E-state index >= 15 is 0 Å². The van der Waals surface area contributed by atoms with Crippen LogP contribution in [0, 0.1) is 0 Å². The number of nitrogens with zero attached hydrogens (tertiary/aromatic N) is 1. The highest BCUT2D eigenvalue weighted by atomic mass is 35.5. The van der Waals surface area contributed by atoms with Crippen molar-refractivity contribution >= 4 is 29.1 Å². The average Bonchev–Trinajstić information content (AvgIpc) is 3.30. The molecule has 0 radical (unpaired) electrons. The molecule has 0 bridgehead atoms. The molecule has 3 aromatic carbocycles. The molecule has 4 rings (SSSR count). The number of ether oxygens (including phenoxy) is 1. The summed E-state index contributed by atoms with van der Waals surface area (Å²) >= 11 is 12.1. The first kappa shape index (κ1) is 21.0. The Morgan fingerprint density at radius 3 is 2.65 bits per heavy atom. The number of imidazole rings is 1. The topological polar surface area (TPSA) is 67.0 Å². The van der Waals surface area contributed by atoms with E-state index in [1.165, 1.54) is 0 Å². The molecule has 31 heavy (non-hydrogen) atoms. The number of benzene rings is 3. The lowest BCUT2D eigenvalue weighted by Gasteiger charge is -2.08. The van der Waals surface area contributed by atoms with Gasteiger partial charge in [-0.25, -0.2) is 4.98 Å². The number of hydrogen-bond donors (Lipinski definition) is 2. The summed E-state index contributed by atoms with van der Waals surface area (Å²) in [6, 6.07) is 20.6. The van der Waals surface area contributed by atoms with E-state index in [-0.39, 0.29) is 10.9 Å². The van der Waals surface area contributed by atoms with Crippen LogP contribution in [-0.4, -0.2) is 23.0 Å². The number of aromatic nitrogens is 2. The van der Waals surface area contributed by atoms with E-state index in [1.807, 2.05) is 48.5 Å². The maximum atomic E-state index is 12.5. The summed E-state index contributed by atoms with van der Waals surface area (Å²) in [5, 5.41) is 3.47. The first-order chi connectivity index (χ1) is 15.0. The second-order valence-electron chi connectivity index (χ2n) is 6.86. The Kier molecular flexibility index (Phi) is 6.26. The molecule has 0 aliphatic rings. The van der Waals surface area contributed by atoms with Crippen LogP contribution in [0.25, 0.3) is 22.6 Å². The largest absolute Gasteiger partial charge is 0.497 e. The van der Waals surface area contributed by atoms with Gasteiger partial charge in [0.2, 0.25) is 0 Å². The molecule has 0 spiro atoms. The van der Waals surface area contributed by atoms with Gasteiger partial charge in [0.1, 0.15) is 11.6 Å². The summed E-state index contributed by atoms with van der Waals surface area (Å²) in [6.07, 6.45) is 1.79. The van der Waals surface area contributed by atoms with Gasteiger partial charge >= 0.3 is 0 Å².